The van der Waals surface area contributed by atoms with Gasteiger partial charge in [-0.1, -0.05) is 12.1 Å². The first-order valence-corrected chi connectivity index (χ1v) is 8.48. The van der Waals surface area contributed by atoms with Crippen LogP contribution in [-0.2, 0) is 6.54 Å². The minimum Gasteiger partial charge on any atom is -0.351 e. The highest BCUT2D eigenvalue weighted by Gasteiger charge is 2.36. The number of benzene rings is 1. The lowest BCUT2D eigenvalue weighted by molar-refractivity contribution is 0.125. The Kier molecular flexibility index (Phi) is 4.01. The number of hydrogen-bond donors (Lipinski definition) is 1. The lowest BCUT2D eigenvalue weighted by Crippen LogP contribution is -2.48. The zero-order valence-electron chi connectivity index (χ0n) is 14.1. The summed E-state index contributed by atoms with van der Waals surface area (Å²) in [6.07, 6.45) is 8.82. The predicted molar refractivity (Wildman–Crippen MR) is 95.0 cm³/mol. The number of aromatic nitrogens is 3. The van der Waals surface area contributed by atoms with E-state index in [0.29, 0.717) is 18.0 Å². The number of nitrogens with zero attached hydrogens (tertiary/aromatic N) is 5. The number of nitriles is 1. The molecule has 0 aliphatic heterocycles. The molecule has 1 aliphatic rings. The number of urea groups is 1. The Morgan fingerprint density at radius 2 is 2.12 bits per heavy atom. The SMILES string of the molecule is N#Cc1ccc(C2CC(N(Cc3cn4ccncc4n3)C(N)=O)C2)cc1. The summed E-state index contributed by atoms with van der Waals surface area (Å²) in [6, 6.07) is 9.45. The van der Waals surface area contributed by atoms with Crippen LogP contribution >= 0.6 is 0 Å². The van der Waals surface area contributed by atoms with Crippen molar-refractivity contribution in [3.8, 4) is 6.07 Å². The van der Waals surface area contributed by atoms with E-state index in [9.17, 15) is 4.79 Å². The summed E-state index contributed by atoms with van der Waals surface area (Å²) in [5, 5.41) is 8.89. The topological polar surface area (TPSA) is 100 Å². The molecule has 2 amide bonds. The van der Waals surface area contributed by atoms with Crippen molar-refractivity contribution < 1.29 is 4.79 Å². The van der Waals surface area contributed by atoms with Gasteiger partial charge < -0.3 is 15.0 Å². The zero-order chi connectivity index (χ0) is 18.1. The average molecular weight is 346 g/mol. The summed E-state index contributed by atoms with van der Waals surface area (Å²) in [5.74, 6) is 0.389. The molecule has 7 nitrogen and oxygen atoms in total. The molecule has 0 atom stereocenters. The van der Waals surface area contributed by atoms with E-state index in [4.69, 9.17) is 11.0 Å². The fraction of sp³-hybridized carbons (Fsp3) is 0.263. The normalized spacial score (nSPS) is 18.9. The van der Waals surface area contributed by atoms with Crippen LogP contribution in [0.3, 0.4) is 0 Å². The Hall–Kier alpha value is -3.40. The van der Waals surface area contributed by atoms with Gasteiger partial charge in [0.15, 0.2) is 5.65 Å². The fourth-order valence-corrected chi connectivity index (χ4v) is 3.48. The Morgan fingerprint density at radius 1 is 1.35 bits per heavy atom. The van der Waals surface area contributed by atoms with Crippen LogP contribution in [-0.4, -0.2) is 31.3 Å². The molecule has 7 heteroatoms. The van der Waals surface area contributed by atoms with Gasteiger partial charge in [0.2, 0.25) is 0 Å². The molecule has 0 saturated heterocycles. The van der Waals surface area contributed by atoms with Gasteiger partial charge in [0.1, 0.15) is 0 Å². The highest BCUT2D eigenvalue weighted by Crippen LogP contribution is 2.40. The number of primary amides is 1. The van der Waals surface area contributed by atoms with Crippen molar-refractivity contribution in [3.05, 3.63) is 65.9 Å². The minimum absolute atomic E-state index is 0.107. The van der Waals surface area contributed by atoms with Gasteiger partial charge in [-0.3, -0.25) is 4.98 Å². The van der Waals surface area contributed by atoms with E-state index in [1.807, 2.05) is 41.1 Å². The molecule has 1 fully saturated rings. The number of imidazole rings is 1. The van der Waals surface area contributed by atoms with Gasteiger partial charge in [-0.25, -0.2) is 9.78 Å². The second kappa shape index (κ2) is 6.48. The molecule has 1 saturated carbocycles. The van der Waals surface area contributed by atoms with Gasteiger partial charge in [0, 0.05) is 24.6 Å². The third-order valence-electron chi connectivity index (χ3n) is 4.99. The van der Waals surface area contributed by atoms with E-state index >= 15 is 0 Å². The first-order valence-electron chi connectivity index (χ1n) is 8.48. The molecule has 0 radical (unpaired) electrons. The monoisotopic (exact) mass is 346 g/mol. The Bertz CT molecular complexity index is 948. The number of nitrogens with two attached hydrogens (primary N) is 1. The van der Waals surface area contributed by atoms with Crippen LogP contribution < -0.4 is 5.73 Å². The van der Waals surface area contributed by atoms with E-state index in [2.05, 4.69) is 16.0 Å². The predicted octanol–water partition coefficient (Wildman–Crippen LogP) is 2.43. The maximum absolute atomic E-state index is 11.9. The van der Waals surface area contributed by atoms with E-state index in [-0.39, 0.29) is 6.04 Å². The van der Waals surface area contributed by atoms with Gasteiger partial charge in [0.05, 0.1) is 30.1 Å². The number of hydrogen-bond acceptors (Lipinski definition) is 4. The van der Waals surface area contributed by atoms with Crippen LogP contribution in [0.5, 0.6) is 0 Å². The van der Waals surface area contributed by atoms with Gasteiger partial charge in [0.25, 0.3) is 0 Å². The quantitative estimate of drug-likeness (QED) is 0.784. The molecule has 1 aromatic carbocycles. The standard InChI is InChI=1S/C19H18N6O/c20-9-13-1-3-14(4-2-13)15-7-17(8-15)25(19(21)26)12-16-11-24-6-5-22-10-18(24)23-16/h1-6,10-11,15,17H,7-8,12H2,(H2,21,26). The summed E-state index contributed by atoms with van der Waals surface area (Å²) in [4.78, 5) is 22.2. The molecule has 3 aromatic rings. The largest absolute Gasteiger partial charge is 0.351 e. The minimum atomic E-state index is -0.427. The lowest BCUT2D eigenvalue weighted by atomic mass is 9.75. The Labute approximate surface area is 150 Å². The second-order valence-electron chi connectivity index (χ2n) is 6.60. The first kappa shape index (κ1) is 16.1. The summed E-state index contributed by atoms with van der Waals surface area (Å²) >= 11 is 0. The molecule has 2 heterocycles. The molecule has 26 heavy (non-hydrogen) atoms. The highest BCUT2D eigenvalue weighted by atomic mass is 16.2. The number of carbonyl (C=O) groups excluding carboxylic acids is 1. The third-order valence-corrected chi connectivity index (χ3v) is 4.99. The number of amides is 2. The summed E-state index contributed by atoms with van der Waals surface area (Å²) in [7, 11) is 0. The molecule has 130 valence electrons. The maximum atomic E-state index is 11.9. The average Bonchev–Trinajstić information content (AvgIpc) is 3.02. The van der Waals surface area contributed by atoms with Crippen LogP contribution in [0.15, 0.2) is 49.1 Å². The zero-order valence-corrected chi connectivity index (χ0v) is 14.1. The van der Waals surface area contributed by atoms with Crippen LogP contribution in [0.2, 0.25) is 0 Å². The van der Waals surface area contributed by atoms with E-state index < -0.39 is 6.03 Å². The molecule has 0 unspecified atom stereocenters. The van der Waals surface area contributed by atoms with E-state index in [1.165, 1.54) is 5.56 Å². The molecule has 2 N–H and O–H groups in total. The van der Waals surface area contributed by atoms with Crippen LogP contribution in [0.4, 0.5) is 4.79 Å². The van der Waals surface area contributed by atoms with Gasteiger partial charge >= 0.3 is 6.03 Å². The molecular weight excluding hydrogens is 328 g/mol. The summed E-state index contributed by atoms with van der Waals surface area (Å²) < 4.78 is 1.88. The van der Waals surface area contributed by atoms with Gasteiger partial charge in [-0.05, 0) is 36.5 Å². The maximum Gasteiger partial charge on any atom is 0.315 e. The van der Waals surface area contributed by atoms with Crippen molar-refractivity contribution in [1.29, 1.82) is 5.26 Å². The van der Waals surface area contributed by atoms with Crippen molar-refractivity contribution in [2.24, 2.45) is 5.73 Å². The van der Waals surface area contributed by atoms with Crippen molar-refractivity contribution in [2.75, 3.05) is 0 Å². The lowest BCUT2D eigenvalue weighted by Gasteiger charge is -2.42. The Morgan fingerprint density at radius 3 is 2.77 bits per heavy atom. The van der Waals surface area contributed by atoms with Gasteiger partial charge in [-0.2, -0.15) is 5.26 Å². The highest BCUT2D eigenvalue weighted by molar-refractivity contribution is 5.72. The fourth-order valence-electron chi connectivity index (χ4n) is 3.48. The second-order valence-corrected chi connectivity index (χ2v) is 6.60. The molecule has 2 aromatic heterocycles. The van der Waals surface area contributed by atoms with Gasteiger partial charge in [-0.15, -0.1) is 0 Å². The van der Waals surface area contributed by atoms with Crippen LogP contribution in [0.25, 0.3) is 5.65 Å². The van der Waals surface area contributed by atoms with Crippen molar-refractivity contribution in [2.45, 2.75) is 31.3 Å². The third kappa shape index (κ3) is 2.97. The molecule has 4 rings (SSSR count). The van der Waals surface area contributed by atoms with E-state index in [1.54, 1.807) is 17.3 Å². The van der Waals surface area contributed by atoms with Crippen LogP contribution in [0.1, 0.15) is 35.6 Å². The van der Waals surface area contributed by atoms with E-state index in [0.717, 1.165) is 24.2 Å². The Balaban J connectivity index is 1.44. The first-order chi connectivity index (χ1) is 12.6. The number of fused-ring (bicyclic) bond motifs is 1. The molecule has 0 spiro atoms. The number of rotatable bonds is 4. The molecule has 0 bridgehead atoms. The van der Waals surface area contributed by atoms with Crippen LogP contribution in [0, 0.1) is 11.3 Å². The number of carbonyl (C=O) groups is 1. The molecular formula is C19H18N6O. The van der Waals surface area contributed by atoms with Crippen molar-refractivity contribution in [3.63, 3.8) is 0 Å². The smallest absolute Gasteiger partial charge is 0.315 e. The van der Waals surface area contributed by atoms with Crippen molar-refractivity contribution in [1.82, 2.24) is 19.3 Å². The van der Waals surface area contributed by atoms with Crippen molar-refractivity contribution >= 4 is 11.7 Å². The summed E-state index contributed by atoms with van der Waals surface area (Å²) in [5.41, 5.74) is 9.01. The molecule has 1 aliphatic carbocycles. The summed E-state index contributed by atoms with van der Waals surface area (Å²) in [6.45, 7) is 0.391.